The molecule has 2 aliphatic heterocycles. The lowest BCUT2D eigenvalue weighted by Gasteiger charge is -2.34. The summed E-state index contributed by atoms with van der Waals surface area (Å²) in [7, 11) is 1.32. The van der Waals surface area contributed by atoms with Crippen molar-refractivity contribution in [3.63, 3.8) is 0 Å². The molecule has 1 aliphatic carbocycles. The van der Waals surface area contributed by atoms with Gasteiger partial charge in [0.05, 0.1) is 6.54 Å². The first-order valence-corrected chi connectivity index (χ1v) is 9.73. The number of nitrogens with zero attached hydrogens (tertiary/aromatic N) is 3. The van der Waals surface area contributed by atoms with Crippen LogP contribution in [0, 0.1) is 5.92 Å². The number of amides is 4. The molecule has 1 saturated heterocycles. The first-order valence-electron chi connectivity index (χ1n) is 9.73. The number of pyridine rings is 1. The number of aromatic nitrogens is 1. The van der Waals surface area contributed by atoms with E-state index in [9.17, 15) is 24.3 Å². The van der Waals surface area contributed by atoms with Crippen LogP contribution < -0.4 is 15.8 Å². The fourth-order valence-corrected chi connectivity index (χ4v) is 4.06. The second-order valence-electron chi connectivity index (χ2n) is 8.08. The molecule has 11 heteroatoms. The number of fused-ring (bicyclic) bond motifs is 1. The molecular formula is C19H23N5O6. The number of carbonyl (C=O) groups excluding carboxylic acids is 3. The van der Waals surface area contributed by atoms with E-state index in [1.807, 2.05) is 0 Å². The Hall–Kier alpha value is -3.37. The van der Waals surface area contributed by atoms with Crippen LogP contribution in [0.25, 0.3) is 0 Å². The van der Waals surface area contributed by atoms with Crippen molar-refractivity contribution in [2.75, 3.05) is 18.9 Å². The number of nitrogens with two attached hydrogens (primary N) is 1. The fraction of sp³-hybridized carbons (Fsp3) is 0.526. The minimum Gasteiger partial charge on any atom is -0.472 e. The van der Waals surface area contributed by atoms with E-state index >= 15 is 0 Å². The molecule has 3 aliphatic rings. The summed E-state index contributed by atoms with van der Waals surface area (Å²) in [5.41, 5.74) is 4.04. The van der Waals surface area contributed by atoms with Gasteiger partial charge in [0, 0.05) is 19.7 Å². The Morgan fingerprint density at radius 3 is 2.83 bits per heavy atom. The Kier molecular flexibility index (Phi) is 4.75. The van der Waals surface area contributed by atoms with E-state index in [1.54, 1.807) is 12.1 Å². The average molecular weight is 417 g/mol. The Morgan fingerprint density at radius 2 is 2.20 bits per heavy atom. The molecule has 4 amide bonds. The summed E-state index contributed by atoms with van der Waals surface area (Å²) in [5, 5.41) is 12.1. The molecule has 11 nitrogen and oxygen atoms in total. The van der Waals surface area contributed by atoms with Gasteiger partial charge >= 0.3 is 6.09 Å². The highest BCUT2D eigenvalue weighted by Gasteiger charge is 2.57. The van der Waals surface area contributed by atoms with Gasteiger partial charge in [-0.2, -0.15) is 0 Å². The van der Waals surface area contributed by atoms with Crippen molar-refractivity contribution in [3.8, 4) is 5.75 Å². The summed E-state index contributed by atoms with van der Waals surface area (Å²) >= 11 is 0. The van der Waals surface area contributed by atoms with Gasteiger partial charge in [0.1, 0.15) is 12.1 Å². The molecule has 1 unspecified atom stereocenters. The monoisotopic (exact) mass is 417 g/mol. The number of anilines is 1. The number of hydrogen-bond donors (Lipinski definition) is 3. The molecule has 2 fully saturated rings. The van der Waals surface area contributed by atoms with Crippen LogP contribution in [0.15, 0.2) is 18.3 Å². The third kappa shape index (κ3) is 3.40. The van der Waals surface area contributed by atoms with Crippen LogP contribution in [0.2, 0.25) is 0 Å². The Balaban J connectivity index is 1.64. The van der Waals surface area contributed by atoms with Gasteiger partial charge in [-0.1, -0.05) is 12.8 Å². The Labute approximate surface area is 172 Å². The zero-order valence-electron chi connectivity index (χ0n) is 16.4. The summed E-state index contributed by atoms with van der Waals surface area (Å²) in [6.45, 7) is -0.214. The number of nitrogens with one attached hydrogen (secondary N) is 1. The van der Waals surface area contributed by atoms with Crippen molar-refractivity contribution in [1.82, 2.24) is 14.8 Å². The van der Waals surface area contributed by atoms with Crippen LogP contribution in [0.4, 0.5) is 10.6 Å². The molecule has 160 valence electrons. The summed E-state index contributed by atoms with van der Waals surface area (Å²) < 4.78 is 5.93. The van der Waals surface area contributed by atoms with Crippen LogP contribution >= 0.6 is 0 Å². The van der Waals surface area contributed by atoms with Crippen molar-refractivity contribution < 1.29 is 29.0 Å². The first kappa shape index (κ1) is 19.9. The number of likely N-dealkylation sites (tertiary alicyclic amines) is 1. The quantitative estimate of drug-likeness (QED) is 0.610. The van der Waals surface area contributed by atoms with Crippen LogP contribution in [0.1, 0.15) is 25.7 Å². The highest BCUT2D eigenvalue weighted by Crippen LogP contribution is 2.40. The number of carboxylic acid groups (broad SMARTS) is 1. The van der Waals surface area contributed by atoms with Crippen LogP contribution in [-0.4, -0.2) is 75.0 Å². The molecule has 3 heterocycles. The van der Waals surface area contributed by atoms with E-state index in [4.69, 9.17) is 10.5 Å². The van der Waals surface area contributed by atoms with E-state index in [-0.39, 0.29) is 24.7 Å². The van der Waals surface area contributed by atoms with Crippen LogP contribution in [0.5, 0.6) is 5.75 Å². The van der Waals surface area contributed by atoms with Crippen LogP contribution in [-0.2, 0) is 14.4 Å². The van der Waals surface area contributed by atoms with E-state index in [0.29, 0.717) is 12.2 Å². The minimum atomic E-state index is -1.50. The maximum absolute atomic E-state index is 13.4. The number of likely N-dealkylation sites (N-methyl/N-ethyl adjacent to an activating group) is 1. The molecule has 4 rings (SSSR count). The summed E-state index contributed by atoms with van der Waals surface area (Å²) in [4.78, 5) is 56.1. The lowest BCUT2D eigenvalue weighted by Crippen LogP contribution is -2.55. The van der Waals surface area contributed by atoms with E-state index in [2.05, 4.69) is 10.3 Å². The molecule has 1 aromatic rings. The Bertz CT molecular complexity index is 918. The van der Waals surface area contributed by atoms with Crippen molar-refractivity contribution in [2.45, 2.75) is 43.4 Å². The largest absolute Gasteiger partial charge is 0.472 e. The number of ether oxygens (including phenoxy) is 1. The minimum absolute atomic E-state index is 0.124. The summed E-state index contributed by atoms with van der Waals surface area (Å²) in [6.07, 6.45) is 2.34. The predicted octanol–water partition coefficient (Wildman–Crippen LogP) is 0.0160. The van der Waals surface area contributed by atoms with Crippen molar-refractivity contribution in [2.24, 2.45) is 11.7 Å². The van der Waals surface area contributed by atoms with Crippen molar-refractivity contribution in [1.29, 1.82) is 0 Å². The van der Waals surface area contributed by atoms with Crippen LogP contribution in [0.3, 0.4) is 0 Å². The van der Waals surface area contributed by atoms with Gasteiger partial charge in [-0.3, -0.25) is 19.3 Å². The van der Waals surface area contributed by atoms with Gasteiger partial charge in [-0.05, 0) is 24.5 Å². The van der Waals surface area contributed by atoms with E-state index in [0.717, 1.165) is 17.7 Å². The highest BCUT2D eigenvalue weighted by atomic mass is 16.5. The van der Waals surface area contributed by atoms with Gasteiger partial charge in [-0.15, -0.1) is 0 Å². The van der Waals surface area contributed by atoms with Gasteiger partial charge in [0.15, 0.2) is 11.6 Å². The normalized spacial score (nSPS) is 25.8. The SMILES string of the molecule is CN(C(=O)O)C(CC1CC1)C(=O)N1C[C@@]2(C[C@H]1C(N)=O)Oc1cccnc1NC2=O. The smallest absolute Gasteiger partial charge is 0.407 e. The van der Waals surface area contributed by atoms with Gasteiger partial charge < -0.3 is 25.8 Å². The molecular weight excluding hydrogens is 394 g/mol. The predicted molar refractivity (Wildman–Crippen MR) is 102 cm³/mol. The van der Waals surface area contributed by atoms with Gasteiger partial charge in [-0.25, -0.2) is 9.78 Å². The van der Waals surface area contributed by atoms with Crippen molar-refractivity contribution >= 4 is 29.6 Å². The van der Waals surface area contributed by atoms with Gasteiger partial charge in [0.2, 0.25) is 17.4 Å². The molecule has 1 saturated carbocycles. The fourth-order valence-electron chi connectivity index (χ4n) is 4.06. The first-order chi connectivity index (χ1) is 14.2. The number of carbonyl (C=O) groups is 4. The third-order valence-electron chi connectivity index (χ3n) is 5.97. The molecule has 30 heavy (non-hydrogen) atoms. The maximum Gasteiger partial charge on any atom is 0.407 e. The topological polar surface area (TPSA) is 155 Å². The molecule has 0 aromatic carbocycles. The molecule has 1 spiro atoms. The lowest BCUT2D eigenvalue weighted by molar-refractivity contribution is -0.142. The Morgan fingerprint density at radius 1 is 1.47 bits per heavy atom. The third-order valence-corrected chi connectivity index (χ3v) is 5.97. The standard InChI is InChI=1S/C19H23N5O6/c1-23(18(28)29)11(7-10-4-5-10)16(26)24-9-19(8-12(24)14(20)25)17(27)22-15-13(30-19)3-2-6-21-15/h2-3,6,10-12H,4-5,7-9H2,1H3,(H2,20,25)(H,28,29)(H,21,22,27)/t11?,12-,19+/m0/s1. The molecule has 0 bridgehead atoms. The molecule has 3 atom stereocenters. The summed E-state index contributed by atoms with van der Waals surface area (Å²) in [5.74, 6) is -1.02. The number of rotatable bonds is 5. The number of primary amides is 1. The van der Waals surface area contributed by atoms with Gasteiger partial charge in [0.25, 0.3) is 5.91 Å². The van der Waals surface area contributed by atoms with E-state index in [1.165, 1.54) is 18.1 Å². The van der Waals surface area contributed by atoms with Crippen molar-refractivity contribution in [3.05, 3.63) is 18.3 Å². The molecule has 1 aromatic heterocycles. The van der Waals surface area contributed by atoms with E-state index < -0.39 is 41.5 Å². The maximum atomic E-state index is 13.4. The second kappa shape index (κ2) is 7.15. The zero-order chi connectivity index (χ0) is 21.6. The highest BCUT2D eigenvalue weighted by molar-refractivity contribution is 6.02. The lowest BCUT2D eigenvalue weighted by atomic mass is 9.97. The number of hydrogen-bond acceptors (Lipinski definition) is 6. The second-order valence-corrected chi connectivity index (χ2v) is 8.08. The zero-order valence-corrected chi connectivity index (χ0v) is 16.4. The average Bonchev–Trinajstić information content (AvgIpc) is 3.44. The summed E-state index contributed by atoms with van der Waals surface area (Å²) in [6, 6.07) is 1.21. The molecule has 0 radical (unpaired) electrons. The molecule has 4 N–H and O–H groups in total.